The lowest BCUT2D eigenvalue weighted by Crippen LogP contribution is -2.46. The number of hydrogen-bond acceptors (Lipinski definition) is 6. The molecule has 3 aliphatic rings. The number of nitrogens with two attached hydrogens (primary N) is 2. The molecule has 3 aliphatic carbocycles. The van der Waals surface area contributed by atoms with E-state index in [1.807, 2.05) is 6.07 Å². The van der Waals surface area contributed by atoms with Crippen molar-refractivity contribution in [3.63, 3.8) is 0 Å². The van der Waals surface area contributed by atoms with E-state index in [1.54, 1.807) is 12.1 Å². The topological polar surface area (TPSA) is 139 Å². The molecule has 4 N–H and O–H groups in total. The van der Waals surface area contributed by atoms with Gasteiger partial charge in [-0.15, -0.1) is 0 Å². The molecule has 0 aromatic heterocycles. The number of aryl methyl sites for hydroxylation is 1. The molecular weight excluding hydrogens is 484 g/mol. The average Bonchev–Trinajstić information content (AvgIpc) is 2.83. The molecule has 11 heteroatoms. The van der Waals surface area contributed by atoms with Crippen molar-refractivity contribution in [2.24, 2.45) is 27.5 Å². The Balaban J connectivity index is 1.62. The third-order valence-corrected chi connectivity index (χ3v) is 8.80. The average molecular weight is 509 g/mol. The number of benzene rings is 1. The minimum absolute atomic E-state index is 0.0680. The number of fused-ring (bicyclic) bond motifs is 5. The second-order valence-electron chi connectivity index (χ2n) is 8.66. The summed E-state index contributed by atoms with van der Waals surface area (Å²) in [7, 11) is -8.08. The Morgan fingerprint density at radius 3 is 2.52 bits per heavy atom. The lowest BCUT2D eigenvalue weighted by atomic mass is 9.55. The number of alkyl halides is 1. The van der Waals surface area contributed by atoms with Gasteiger partial charge in [0.1, 0.15) is 5.75 Å². The summed E-state index contributed by atoms with van der Waals surface area (Å²) in [6.07, 6.45) is 3.84. The van der Waals surface area contributed by atoms with Crippen molar-refractivity contribution in [3.05, 3.63) is 29.3 Å². The summed E-state index contributed by atoms with van der Waals surface area (Å²) in [6.45, 7) is 2.11. The van der Waals surface area contributed by atoms with Gasteiger partial charge in [-0.3, -0.25) is 4.18 Å². The van der Waals surface area contributed by atoms with Gasteiger partial charge in [0.15, 0.2) is 0 Å². The summed E-state index contributed by atoms with van der Waals surface area (Å²) < 4.78 is 55.7. The molecule has 1 aromatic rings. The maximum Gasteiger partial charge on any atom is 0.380 e. The molecule has 162 valence electrons. The van der Waals surface area contributed by atoms with E-state index in [9.17, 15) is 16.8 Å². The van der Waals surface area contributed by atoms with Gasteiger partial charge in [-0.1, -0.05) is 28.9 Å². The SMILES string of the molecule is C[C@]12CC[C@@H]3c4ccc(OS(N)(=O)=O)cc4CC[C@H]3[C@@H]1C[C@@H](Br)[C@H]2OS(N)(=O)=O. The van der Waals surface area contributed by atoms with Crippen LogP contribution in [0.1, 0.15) is 49.7 Å². The summed E-state index contributed by atoms with van der Waals surface area (Å²) >= 11 is 3.64. The number of hydrogen-bond donors (Lipinski definition) is 2. The Labute approximate surface area is 180 Å². The molecule has 0 unspecified atom stereocenters. The van der Waals surface area contributed by atoms with Gasteiger partial charge in [0, 0.05) is 4.83 Å². The highest BCUT2D eigenvalue weighted by Crippen LogP contribution is 2.62. The van der Waals surface area contributed by atoms with Crippen molar-refractivity contribution >= 4 is 36.5 Å². The third kappa shape index (κ3) is 4.09. The van der Waals surface area contributed by atoms with Crippen LogP contribution in [-0.2, 0) is 31.2 Å². The summed E-state index contributed by atoms with van der Waals surface area (Å²) in [5, 5.41) is 10.2. The minimum atomic E-state index is -4.05. The Morgan fingerprint density at radius 1 is 1.14 bits per heavy atom. The first-order valence-corrected chi connectivity index (χ1v) is 13.4. The van der Waals surface area contributed by atoms with Crippen molar-refractivity contribution in [1.29, 1.82) is 0 Å². The van der Waals surface area contributed by atoms with E-state index in [0.717, 1.165) is 37.7 Å². The van der Waals surface area contributed by atoms with Gasteiger partial charge in [-0.2, -0.15) is 22.0 Å². The van der Waals surface area contributed by atoms with Crippen LogP contribution in [0.3, 0.4) is 0 Å². The first kappa shape index (κ1) is 21.5. The second-order valence-corrected chi connectivity index (χ2v) is 12.2. The molecule has 0 heterocycles. The van der Waals surface area contributed by atoms with Crippen LogP contribution in [0.4, 0.5) is 0 Å². The molecule has 0 radical (unpaired) electrons. The van der Waals surface area contributed by atoms with Gasteiger partial charge in [0.2, 0.25) is 0 Å². The maximum absolute atomic E-state index is 11.6. The van der Waals surface area contributed by atoms with Gasteiger partial charge in [-0.05, 0) is 78.5 Å². The second kappa shape index (κ2) is 7.16. The van der Waals surface area contributed by atoms with Gasteiger partial charge >= 0.3 is 20.6 Å². The standard InChI is InChI=1S/C18H25BrN2O6S2/c1-18-7-6-13-12-5-3-11(26-28(20,22)23)8-10(12)2-4-14(13)15(18)9-16(19)17(18)27-29(21,24)25/h3,5,8,13-17H,2,4,6-7,9H2,1H3,(H2,20,22,23)(H2,21,24,25)/t13-,14-,15+,16-,17-,18+/m1/s1. The van der Waals surface area contributed by atoms with E-state index in [1.165, 1.54) is 5.56 Å². The summed E-state index contributed by atoms with van der Waals surface area (Å²) in [5.74, 6) is 1.29. The molecule has 2 saturated carbocycles. The molecule has 0 amide bonds. The highest BCUT2D eigenvalue weighted by molar-refractivity contribution is 9.09. The Bertz CT molecular complexity index is 1030. The molecule has 8 nitrogen and oxygen atoms in total. The molecule has 0 aliphatic heterocycles. The first-order chi connectivity index (χ1) is 13.4. The fourth-order valence-electron chi connectivity index (χ4n) is 5.98. The molecule has 0 bridgehead atoms. The number of rotatable bonds is 4. The Hall–Kier alpha value is -0.720. The van der Waals surface area contributed by atoms with E-state index in [2.05, 4.69) is 22.9 Å². The first-order valence-electron chi connectivity index (χ1n) is 9.57. The summed E-state index contributed by atoms with van der Waals surface area (Å²) in [6, 6.07) is 5.35. The van der Waals surface area contributed by atoms with Crippen molar-refractivity contribution in [2.75, 3.05) is 0 Å². The number of halogens is 1. The fourth-order valence-corrected chi connectivity index (χ4v) is 8.26. The Morgan fingerprint density at radius 2 is 1.86 bits per heavy atom. The van der Waals surface area contributed by atoms with E-state index < -0.39 is 26.7 Å². The van der Waals surface area contributed by atoms with Crippen LogP contribution in [0.15, 0.2) is 18.2 Å². The molecule has 6 atom stereocenters. The largest absolute Gasteiger partial charge is 0.380 e. The van der Waals surface area contributed by atoms with Crippen LogP contribution < -0.4 is 14.5 Å². The van der Waals surface area contributed by atoms with Gasteiger partial charge in [0.05, 0.1) is 6.10 Å². The maximum atomic E-state index is 11.6. The van der Waals surface area contributed by atoms with Gasteiger partial charge in [-0.25, -0.2) is 5.14 Å². The fraction of sp³-hybridized carbons (Fsp3) is 0.667. The van der Waals surface area contributed by atoms with Gasteiger partial charge < -0.3 is 4.18 Å². The summed E-state index contributed by atoms with van der Waals surface area (Å²) in [4.78, 5) is -0.0680. The van der Waals surface area contributed by atoms with Gasteiger partial charge in [0.25, 0.3) is 0 Å². The van der Waals surface area contributed by atoms with Crippen LogP contribution in [0.25, 0.3) is 0 Å². The third-order valence-electron chi connectivity index (χ3n) is 7.04. The lowest BCUT2D eigenvalue weighted by Gasteiger charge is -2.50. The van der Waals surface area contributed by atoms with E-state index in [4.69, 9.17) is 18.6 Å². The zero-order valence-corrected chi connectivity index (χ0v) is 19.2. The van der Waals surface area contributed by atoms with Crippen LogP contribution >= 0.6 is 15.9 Å². The quantitative estimate of drug-likeness (QED) is 0.596. The molecule has 0 saturated heterocycles. The zero-order valence-electron chi connectivity index (χ0n) is 16.0. The lowest BCUT2D eigenvalue weighted by molar-refractivity contribution is -0.00699. The van der Waals surface area contributed by atoms with Crippen molar-refractivity contribution < 1.29 is 25.2 Å². The zero-order chi connectivity index (χ0) is 21.2. The van der Waals surface area contributed by atoms with Crippen LogP contribution in [0.5, 0.6) is 5.75 Å². The van der Waals surface area contributed by atoms with E-state index in [0.29, 0.717) is 17.8 Å². The van der Waals surface area contributed by atoms with Crippen molar-refractivity contribution in [3.8, 4) is 5.75 Å². The van der Waals surface area contributed by atoms with Crippen LogP contribution in [-0.4, -0.2) is 27.8 Å². The van der Waals surface area contributed by atoms with E-state index >= 15 is 0 Å². The molecule has 1 aromatic carbocycles. The summed E-state index contributed by atoms with van der Waals surface area (Å²) in [5.41, 5.74) is 2.03. The Kier molecular flexibility index (Phi) is 5.31. The molecular formula is C18H25BrN2O6S2. The minimum Gasteiger partial charge on any atom is -0.371 e. The normalized spacial score (nSPS) is 36.8. The molecule has 29 heavy (non-hydrogen) atoms. The van der Waals surface area contributed by atoms with Crippen LogP contribution in [0.2, 0.25) is 0 Å². The monoisotopic (exact) mass is 508 g/mol. The van der Waals surface area contributed by atoms with Crippen molar-refractivity contribution in [1.82, 2.24) is 0 Å². The predicted molar refractivity (Wildman–Crippen MR) is 111 cm³/mol. The van der Waals surface area contributed by atoms with Crippen molar-refractivity contribution in [2.45, 2.75) is 55.9 Å². The smallest absolute Gasteiger partial charge is 0.371 e. The highest BCUT2D eigenvalue weighted by Gasteiger charge is 2.59. The van der Waals surface area contributed by atoms with Crippen LogP contribution in [0, 0.1) is 17.3 Å². The highest BCUT2D eigenvalue weighted by atomic mass is 79.9. The van der Waals surface area contributed by atoms with E-state index in [-0.39, 0.29) is 16.0 Å². The molecule has 0 spiro atoms. The molecule has 4 rings (SSSR count). The molecule has 2 fully saturated rings. The predicted octanol–water partition coefficient (Wildman–Crippen LogP) is 2.09.